The number of ether oxygens (including phenoxy) is 1. The molecule has 0 fully saturated rings. The molecule has 1 heterocycles. The van der Waals surface area contributed by atoms with Gasteiger partial charge in [0.1, 0.15) is 5.15 Å². The Hall–Kier alpha value is -1.41. The number of hydrogen-bond donors (Lipinski definition) is 1. The van der Waals surface area contributed by atoms with E-state index in [0.717, 1.165) is 0 Å². The number of rotatable bonds is 5. The second kappa shape index (κ2) is 5.78. The van der Waals surface area contributed by atoms with Crippen LogP contribution in [0.1, 0.15) is 6.92 Å². The maximum atomic E-state index is 11.5. The van der Waals surface area contributed by atoms with Gasteiger partial charge in [-0.1, -0.05) is 11.6 Å². The summed E-state index contributed by atoms with van der Waals surface area (Å²) < 4.78 is 29.5. The van der Waals surface area contributed by atoms with Crippen molar-refractivity contribution in [3.05, 3.63) is 17.4 Å². The van der Waals surface area contributed by atoms with Crippen LogP contribution < -0.4 is 4.72 Å². The van der Waals surface area contributed by atoms with Crippen molar-refractivity contribution in [2.45, 2.75) is 6.92 Å². The highest BCUT2D eigenvalue weighted by Gasteiger charge is 2.18. The van der Waals surface area contributed by atoms with Gasteiger partial charge in [-0.05, 0) is 13.0 Å². The topological polar surface area (TPSA) is 98.2 Å². The predicted octanol–water partition coefficient (Wildman–Crippen LogP) is 0.435. The van der Waals surface area contributed by atoms with Crippen LogP contribution in [0, 0.1) is 0 Å². The van der Waals surface area contributed by atoms with Gasteiger partial charge in [0.15, 0.2) is 5.75 Å². The van der Waals surface area contributed by atoms with Crippen molar-refractivity contribution in [3.63, 3.8) is 0 Å². The molecule has 0 aliphatic carbocycles. The maximum absolute atomic E-state index is 11.5. The van der Waals surface area contributed by atoms with Crippen molar-refractivity contribution in [2.24, 2.45) is 0 Å². The van der Waals surface area contributed by atoms with Crippen LogP contribution in [0.2, 0.25) is 5.15 Å². The maximum Gasteiger partial charge on any atom is 0.323 e. The first-order valence-corrected chi connectivity index (χ1v) is 6.60. The number of carbonyl (C=O) groups excluding carboxylic acids is 1. The molecule has 17 heavy (non-hydrogen) atoms. The van der Waals surface area contributed by atoms with E-state index in [-0.39, 0.29) is 17.7 Å². The van der Waals surface area contributed by atoms with Gasteiger partial charge in [-0.15, -0.1) is 0 Å². The highest BCUT2D eigenvalue weighted by Crippen LogP contribution is 2.07. The molecular formula is C8H10ClN3O4S. The van der Waals surface area contributed by atoms with Crippen LogP contribution in [0.3, 0.4) is 0 Å². The summed E-state index contributed by atoms with van der Waals surface area (Å²) in [7, 11) is -3.88. The number of carbonyl (C=O) groups is 1. The van der Waals surface area contributed by atoms with Crippen molar-refractivity contribution >= 4 is 33.5 Å². The number of nitrogens with zero attached hydrogens (tertiary/aromatic N) is 2. The number of halogens is 1. The lowest BCUT2D eigenvalue weighted by Gasteiger charge is -2.05. The first kappa shape index (κ1) is 13.7. The second-order valence-electron chi connectivity index (χ2n) is 2.87. The SMILES string of the molecule is CCOC(=O)CS(=O)(=O)Nc1nccc(Cl)n1. The lowest BCUT2D eigenvalue weighted by molar-refractivity contribution is -0.139. The molecule has 94 valence electrons. The normalized spacial score (nSPS) is 10.9. The molecule has 0 aliphatic rings. The van der Waals surface area contributed by atoms with E-state index in [1.807, 2.05) is 4.72 Å². The van der Waals surface area contributed by atoms with Crippen LogP contribution in [0.5, 0.6) is 0 Å². The summed E-state index contributed by atoms with van der Waals surface area (Å²) >= 11 is 5.55. The van der Waals surface area contributed by atoms with Crippen LogP contribution in [-0.2, 0) is 19.6 Å². The number of anilines is 1. The number of hydrogen-bond acceptors (Lipinski definition) is 6. The molecule has 0 saturated carbocycles. The molecule has 0 bridgehead atoms. The smallest absolute Gasteiger partial charge is 0.323 e. The third kappa shape index (κ3) is 4.96. The first-order valence-electron chi connectivity index (χ1n) is 4.57. The average Bonchev–Trinajstić information content (AvgIpc) is 2.15. The molecule has 1 rings (SSSR count). The van der Waals surface area contributed by atoms with Gasteiger partial charge in [0.25, 0.3) is 0 Å². The number of esters is 1. The van der Waals surface area contributed by atoms with Crippen molar-refractivity contribution in [1.82, 2.24) is 9.97 Å². The van der Waals surface area contributed by atoms with Crippen LogP contribution in [-0.4, -0.2) is 36.7 Å². The molecule has 0 radical (unpaired) electrons. The minimum Gasteiger partial charge on any atom is -0.465 e. The Morgan fingerprint density at radius 1 is 1.59 bits per heavy atom. The molecule has 0 aliphatic heterocycles. The number of aromatic nitrogens is 2. The Morgan fingerprint density at radius 3 is 2.88 bits per heavy atom. The molecule has 0 unspecified atom stereocenters. The van der Waals surface area contributed by atoms with Gasteiger partial charge in [0.05, 0.1) is 6.61 Å². The van der Waals surface area contributed by atoms with Crippen LogP contribution >= 0.6 is 11.6 Å². The zero-order chi connectivity index (χ0) is 12.9. The summed E-state index contributed by atoms with van der Waals surface area (Å²) in [6.45, 7) is 1.69. The molecule has 0 saturated heterocycles. The Morgan fingerprint density at radius 2 is 2.29 bits per heavy atom. The number of nitrogens with one attached hydrogen (secondary N) is 1. The molecule has 0 amide bonds. The highest BCUT2D eigenvalue weighted by molar-refractivity contribution is 7.93. The van der Waals surface area contributed by atoms with E-state index in [9.17, 15) is 13.2 Å². The molecule has 1 N–H and O–H groups in total. The summed E-state index contributed by atoms with van der Waals surface area (Å²) in [5, 5.41) is 0.0915. The monoisotopic (exact) mass is 279 g/mol. The lowest BCUT2D eigenvalue weighted by Crippen LogP contribution is -2.25. The summed E-state index contributed by atoms with van der Waals surface area (Å²) in [5.41, 5.74) is 0. The van der Waals surface area contributed by atoms with Crippen LogP contribution in [0.15, 0.2) is 12.3 Å². The van der Waals surface area contributed by atoms with Crippen molar-refractivity contribution in [3.8, 4) is 0 Å². The summed E-state index contributed by atoms with van der Waals surface area (Å²) in [5.74, 6) is -1.83. The molecule has 1 aromatic rings. The fraction of sp³-hybridized carbons (Fsp3) is 0.375. The van der Waals surface area contributed by atoms with Crippen LogP contribution in [0.4, 0.5) is 5.95 Å². The molecule has 9 heteroatoms. The lowest BCUT2D eigenvalue weighted by atomic mass is 10.7. The summed E-state index contributed by atoms with van der Waals surface area (Å²) in [6, 6.07) is 1.39. The predicted molar refractivity (Wildman–Crippen MR) is 61.1 cm³/mol. The molecule has 0 atom stereocenters. The minimum atomic E-state index is -3.88. The van der Waals surface area contributed by atoms with E-state index in [0.29, 0.717) is 0 Å². The van der Waals surface area contributed by atoms with E-state index in [2.05, 4.69) is 14.7 Å². The van der Waals surface area contributed by atoms with Crippen molar-refractivity contribution < 1.29 is 17.9 Å². The third-order valence-corrected chi connectivity index (χ3v) is 2.80. The van der Waals surface area contributed by atoms with Gasteiger partial charge in [0, 0.05) is 6.20 Å². The van der Waals surface area contributed by atoms with E-state index < -0.39 is 21.7 Å². The van der Waals surface area contributed by atoms with Crippen molar-refractivity contribution in [2.75, 3.05) is 17.1 Å². The van der Waals surface area contributed by atoms with Crippen molar-refractivity contribution in [1.29, 1.82) is 0 Å². The summed E-state index contributed by atoms with van der Waals surface area (Å²) in [4.78, 5) is 18.3. The average molecular weight is 280 g/mol. The highest BCUT2D eigenvalue weighted by atomic mass is 35.5. The minimum absolute atomic E-state index is 0.0915. The Kier molecular flexibility index (Phi) is 4.64. The Balaban J connectivity index is 2.70. The molecule has 7 nitrogen and oxygen atoms in total. The van der Waals surface area contributed by atoms with E-state index >= 15 is 0 Å². The van der Waals surface area contributed by atoms with E-state index in [1.54, 1.807) is 6.92 Å². The van der Waals surface area contributed by atoms with Gasteiger partial charge in [0.2, 0.25) is 16.0 Å². The van der Waals surface area contributed by atoms with E-state index in [1.165, 1.54) is 12.3 Å². The quantitative estimate of drug-likeness (QED) is 0.620. The second-order valence-corrected chi connectivity index (χ2v) is 4.98. The standard InChI is InChI=1S/C8H10ClN3O4S/c1-2-16-7(13)5-17(14,15)12-8-10-4-3-6(9)11-8/h3-4H,2,5H2,1H3,(H,10,11,12). The Bertz CT molecular complexity index is 505. The first-order chi connectivity index (χ1) is 7.93. The fourth-order valence-corrected chi connectivity index (χ4v) is 1.90. The Labute approximate surface area is 103 Å². The zero-order valence-electron chi connectivity index (χ0n) is 8.88. The largest absolute Gasteiger partial charge is 0.465 e. The van der Waals surface area contributed by atoms with Gasteiger partial charge < -0.3 is 4.74 Å². The third-order valence-electron chi connectivity index (χ3n) is 1.48. The zero-order valence-corrected chi connectivity index (χ0v) is 10.5. The van der Waals surface area contributed by atoms with Gasteiger partial charge in [-0.2, -0.15) is 0 Å². The van der Waals surface area contributed by atoms with Crippen LogP contribution in [0.25, 0.3) is 0 Å². The summed E-state index contributed by atoms with van der Waals surface area (Å²) in [6.07, 6.45) is 1.29. The number of sulfonamides is 1. The molecule has 0 aromatic carbocycles. The molecule has 1 aromatic heterocycles. The van der Waals surface area contributed by atoms with Gasteiger partial charge >= 0.3 is 5.97 Å². The molecule has 0 spiro atoms. The molecular weight excluding hydrogens is 270 g/mol. The fourth-order valence-electron chi connectivity index (χ4n) is 0.919. The van der Waals surface area contributed by atoms with Gasteiger partial charge in [-0.3, -0.25) is 9.52 Å². The van der Waals surface area contributed by atoms with Gasteiger partial charge in [-0.25, -0.2) is 18.4 Å². The van der Waals surface area contributed by atoms with E-state index in [4.69, 9.17) is 11.6 Å².